The standard InChI is InChI=1S/C22H20N2O3/c1-24-15-5-8-20(24)13-14-21(25)27-16-17-9-11-18(12-10-17)22(26)23-19-6-3-2-4-7-19/h2-15H,16H2,1H3,(H,23,26)/b14-13+. The first-order chi connectivity index (χ1) is 13.1. The Morgan fingerprint density at radius 2 is 1.74 bits per heavy atom. The van der Waals surface area contributed by atoms with E-state index in [1.807, 2.05) is 60.3 Å². The monoisotopic (exact) mass is 360 g/mol. The van der Waals surface area contributed by atoms with E-state index in [4.69, 9.17) is 4.74 Å². The van der Waals surface area contributed by atoms with Crippen LogP contribution in [0, 0.1) is 0 Å². The van der Waals surface area contributed by atoms with Gasteiger partial charge in [0.05, 0.1) is 0 Å². The quantitative estimate of drug-likeness (QED) is 0.533. The van der Waals surface area contributed by atoms with Crippen LogP contribution in [-0.4, -0.2) is 16.4 Å². The van der Waals surface area contributed by atoms with Gasteiger partial charge in [-0.2, -0.15) is 0 Å². The highest BCUT2D eigenvalue weighted by Gasteiger charge is 2.06. The number of benzene rings is 2. The van der Waals surface area contributed by atoms with Gasteiger partial charge in [0.25, 0.3) is 5.91 Å². The van der Waals surface area contributed by atoms with Crippen LogP contribution in [0.1, 0.15) is 21.6 Å². The summed E-state index contributed by atoms with van der Waals surface area (Å²) in [5, 5.41) is 2.83. The summed E-state index contributed by atoms with van der Waals surface area (Å²) in [6.07, 6.45) is 5.01. The third-order valence-electron chi connectivity index (χ3n) is 4.00. The molecule has 1 amide bonds. The summed E-state index contributed by atoms with van der Waals surface area (Å²) in [5.41, 5.74) is 3.01. The lowest BCUT2D eigenvalue weighted by Gasteiger charge is -2.06. The fourth-order valence-corrected chi connectivity index (χ4v) is 2.48. The number of ether oxygens (including phenoxy) is 1. The number of hydrogen-bond donors (Lipinski definition) is 1. The van der Waals surface area contributed by atoms with Crippen molar-refractivity contribution in [2.45, 2.75) is 6.61 Å². The fourth-order valence-electron chi connectivity index (χ4n) is 2.48. The van der Waals surface area contributed by atoms with Gasteiger partial charge in [0.1, 0.15) is 6.61 Å². The van der Waals surface area contributed by atoms with E-state index < -0.39 is 5.97 Å². The maximum Gasteiger partial charge on any atom is 0.331 e. The summed E-state index contributed by atoms with van der Waals surface area (Å²) in [4.78, 5) is 24.0. The molecule has 0 atom stereocenters. The summed E-state index contributed by atoms with van der Waals surface area (Å²) >= 11 is 0. The topological polar surface area (TPSA) is 60.3 Å². The molecule has 0 radical (unpaired) electrons. The largest absolute Gasteiger partial charge is 0.458 e. The predicted molar refractivity (Wildman–Crippen MR) is 105 cm³/mol. The maximum atomic E-state index is 12.2. The molecule has 2 aromatic carbocycles. The second-order valence-electron chi connectivity index (χ2n) is 6.00. The van der Waals surface area contributed by atoms with E-state index in [9.17, 15) is 9.59 Å². The lowest BCUT2D eigenvalue weighted by molar-refractivity contribution is -0.138. The molecular weight excluding hydrogens is 340 g/mol. The number of aromatic nitrogens is 1. The Kier molecular flexibility index (Phi) is 5.84. The van der Waals surface area contributed by atoms with E-state index in [-0.39, 0.29) is 12.5 Å². The number of carbonyl (C=O) groups excluding carboxylic acids is 2. The van der Waals surface area contributed by atoms with Gasteiger partial charge in [-0.25, -0.2) is 4.79 Å². The van der Waals surface area contributed by atoms with Crippen molar-refractivity contribution in [1.29, 1.82) is 0 Å². The van der Waals surface area contributed by atoms with Crippen molar-refractivity contribution in [3.63, 3.8) is 0 Å². The molecule has 0 unspecified atom stereocenters. The zero-order chi connectivity index (χ0) is 19.1. The highest BCUT2D eigenvalue weighted by atomic mass is 16.5. The van der Waals surface area contributed by atoms with E-state index in [0.29, 0.717) is 5.56 Å². The van der Waals surface area contributed by atoms with Crippen molar-refractivity contribution in [2.75, 3.05) is 5.32 Å². The third-order valence-corrected chi connectivity index (χ3v) is 4.00. The molecule has 5 heteroatoms. The number of aryl methyl sites for hydroxylation is 1. The van der Waals surface area contributed by atoms with Crippen LogP contribution in [0.2, 0.25) is 0 Å². The molecule has 0 spiro atoms. The molecule has 27 heavy (non-hydrogen) atoms. The Morgan fingerprint density at radius 1 is 1.00 bits per heavy atom. The second-order valence-corrected chi connectivity index (χ2v) is 6.00. The number of hydrogen-bond acceptors (Lipinski definition) is 3. The Bertz CT molecular complexity index is 941. The van der Waals surface area contributed by atoms with E-state index in [0.717, 1.165) is 16.9 Å². The van der Waals surface area contributed by atoms with Gasteiger partial charge in [-0.15, -0.1) is 0 Å². The zero-order valence-corrected chi connectivity index (χ0v) is 15.0. The molecule has 3 aromatic rings. The Labute approximate surface area is 157 Å². The lowest BCUT2D eigenvalue weighted by Crippen LogP contribution is -2.11. The molecular formula is C22H20N2O3. The van der Waals surface area contributed by atoms with Crippen molar-refractivity contribution < 1.29 is 14.3 Å². The van der Waals surface area contributed by atoms with Crippen LogP contribution in [0.15, 0.2) is 79.0 Å². The van der Waals surface area contributed by atoms with Crippen molar-refractivity contribution in [2.24, 2.45) is 7.05 Å². The Morgan fingerprint density at radius 3 is 2.41 bits per heavy atom. The molecule has 0 aliphatic heterocycles. The molecule has 1 heterocycles. The predicted octanol–water partition coefficient (Wildman–Crippen LogP) is 4.03. The molecule has 1 aromatic heterocycles. The number of esters is 1. The summed E-state index contributed by atoms with van der Waals surface area (Å²) in [6.45, 7) is 0.150. The highest BCUT2D eigenvalue weighted by molar-refractivity contribution is 6.04. The normalized spacial score (nSPS) is 10.7. The molecule has 0 bridgehead atoms. The first-order valence-electron chi connectivity index (χ1n) is 8.53. The summed E-state index contributed by atoms with van der Waals surface area (Å²) in [6, 6.07) is 20.0. The van der Waals surface area contributed by atoms with Gasteiger partial charge in [0.15, 0.2) is 0 Å². The van der Waals surface area contributed by atoms with Crippen molar-refractivity contribution >= 4 is 23.6 Å². The molecule has 1 N–H and O–H groups in total. The van der Waals surface area contributed by atoms with Crippen LogP contribution in [0.3, 0.4) is 0 Å². The zero-order valence-electron chi connectivity index (χ0n) is 15.0. The fraction of sp³-hybridized carbons (Fsp3) is 0.0909. The van der Waals surface area contributed by atoms with Gasteiger partial charge in [0, 0.05) is 36.3 Å². The van der Waals surface area contributed by atoms with Crippen LogP contribution in [0.5, 0.6) is 0 Å². The van der Waals surface area contributed by atoms with Crippen molar-refractivity contribution in [3.05, 3.63) is 95.8 Å². The minimum atomic E-state index is -0.415. The first-order valence-corrected chi connectivity index (χ1v) is 8.53. The molecule has 5 nitrogen and oxygen atoms in total. The Balaban J connectivity index is 1.51. The number of anilines is 1. The lowest BCUT2D eigenvalue weighted by atomic mass is 10.1. The molecule has 3 rings (SSSR count). The molecule has 0 saturated heterocycles. The van der Waals surface area contributed by atoms with Crippen molar-refractivity contribution in [1.82, 2.24) is 4.57 Å². The molecule has 0 saturated carbocycles. The van der Waals surface area contributed by atoms with Gasteiger partial charge in [0.2, 0.25) is 0 Å². The minimum absolute atomic E-state index is 0.150. The summed E-state index contributed by atoms with van der Waals surface area (Å²) < 4.78 is 7.13. The molecule has 0 fully saturated rings. The van der Waals surface area contributed by atoms with Crippen molar-refractivity contribution in [3.8, 4) is 0 Å². The number of para-hydroxylation sites is 1. The van der Waals surface area contributed by atoms with Crippen LogP contribution < -0.4 is 5.32 Å². The number of nitrogens with one attached hydrogen (secondary N) is 1. The van der Waals surface area contributed by atoms with Crippen LogP contribution in [0.4, 0.5) is 5.69 Å². The van der Waals surface area contributed by atoms with E-state index in [1.165, 1.54) is 6.08 Å². The van der Waals surface area contributed by atoms with Gasteiger partial charge in [-0.05, 0) is 48.0 Å². The van der Waals surface area contributed by atoms with Crippen LogP contribution in [-0.2, 0) is 23.2 Å². The average Bonchev–Trinajstić information content (AvgIpc) is 3.10. The van der Waals surface area contributed by atoms with Gasteiger partial charge >= 0.3 is 5.97 Å². The molecule has 0 aliphatic rings. The Hall–Kier alpha value is -3.60. The van der Waals surface area contributed by atoms with Crippen LogP contribution in [0.25, 0.3) is 6.08 Å². The smallest absolute Gasteiger partial charge is 0.331 e. The SMILES string of the molecule is Cn1cccc1/C=C/C(=O)OCc1ccc(C(=O)Nc2ccccc2)cc1. The van der Waals surface area contributed by atoms with Gasteiger partial charge in [-0.3, -0.25) is 4.79 Å². The number of nitrogens with zero attached hydrogens (tertiary/aromatic N) is 1. The average molecular weight is 360 g/mol. The maximum absolute atomic E-state index is 12.2. The minimum Gasteiger partial charge on any atom is -0.458 e. The molecule has 0 aliphatic carbocycles. The highest BCUT2D eigenvalue weighted by Crippen LogP contribution is 2.11. The van der Waals surface area contributed by atoms with E-state index >= 15 is 0 Å². The summed E-state index contributed by atoms with van der Waals surface area (Å²) in [5.74, 6) is -0.600. The number of carbonyl (C=O) groups is 2. The van der Waals surface area contributed by atoms with Gasteiger partial charge in [-0.1, -0.05) is 30.3 Å². The molecule has 136 valence electrons. The number of amides is 1. The number of rotatable bonds is 6. The van der Waals surface area contributed by atoms with E-state index in [2.05, 4.69) is 5.32 Å². The van der Waals surface area contributed by atoms with E-state index in [1.54, 1.807) is 30.3 Å². The van der Waals surface area contributed by atoms with Crippen LogP contribution >= 0.6 is 0 Å². The van der Waals surface area contributed by atoms with Gasteiger partial charge < -0.3 is 14.6 Å². The first kappa shape index (κ1) is 18.2. The summed E-state index contributed by atoms with van der Waals surface area (Å²) in [7, 11) is 1.90. The second kappa shape index (κ2) is 8.67. The third kappa shape index (κ3) is 5.19.